The van der Waals surface area contributed by atoms with Crippen LogP contribution >= 0.6 is 11.6 Å². The highest BCUT2D eigenvalue weighted by Crippen LogP contribution is 2.31. The highest BCUT2D eigenvalue weighted by atomic mass is 35.5. The van der Waals surface area contributed by atoms with E-state index in [0.717, 1.165) is 28.1 Å². The largest absolute Gasteiger partial charge is 0.465 e. The van der Waals surface area contributed by atoms with E-state index in [1.807, 2.05) is 62.4 Å². The van der Waals surface area contributed by atoms with Gasteiger partial charge in [0.15, 0.2) is 11.0 Å². The van der Waals surface area contributed by atoms with Crippen molar-refractivity contribution in [2.75, 3.05) is 25.3 Å². The minimum atomic E-state index is -0.456. The van der Waals surface area contributed by atoms with Crippen LogP contribution in [0.1, 0.15) is 39.3 Å². The van der Waals surface area contributed by atoms with Gasteiger partial charge in [-0.2, -0.15) is 0 Å². The first-order chi connectivity index (χ1) is 28.4. The number of fused-ring (bicyclic) bond motifs is 2. The molecule has 0 aliphatic rings. The number of aromatic nitrogens is 4. The predicted octanol–water partition coefficient (Wildman–Crippen LogP) is 11.4. The van der Waals surface area contributed by atoms with E-state index in [9.17, 15) is 18.4 Å². The van der Waals surface area contributed by atoms with E-state index in [1.54, 1.807) is 60.7 Å². The Bertz CT molecular complexity index is 2770. The second-order valence-electron chi connectivity index (χ2n) is 13.0. The lowest BCUT2D eigenvalue weighted by Gasteiger charge is -2.14. The average molecular weight is 827 g/mol. The van der Waals surface area contributed by atoms with Gasteiger partial charge in [-0.1, -0.05) is 55.4 Å². The van der Waals surface area contributed by atoms with Crippen LogP contribution < -0.4 is 11.1 Å². The molecule has 0 bridgehead atoms. The van der Waals surface area contributed by atoms with Gasteiger partial charge in [0.25, 0.3) is 0 Å². The molecule has 2 heterocycles. The van der Waals surface area contributed by atoms with Crippen molar-refractivity contribution in [2.24, 2.45) is 0 Å². The maximum atomic E-state index is 13.4. The van der Waals surface area contributed by atoms with Crippen LogP contribution in [0.3, 0.4) is 0 Å². The Hall–Kier alpha value is -7.31. The number of esters is 2. The number of ether oxygens (including phenoxy) is 2. The van der Waals surface area contributed by atoms with Crippen LogP contribution in [0.15, 0.2) is 133 Å². The van der Waals surface area contributed by atoms with Gasteiger partial charge in [0.05, 0.1) is 47.4 Å². The quantitative estimate of drug-likeness (QED) is 0.123. The number of halogens is 3. The molecule has 6 aromatic carbocycles. The van der Waals surface area contributed by atoms with E-state index < -0.39 is 11.9 Å². The van der Waals surface area contributed by atoms with E-state index in [-0.39, 0.29) is 24.2 Å². The molecule has 60 heavy (non-hydrogen) atoms. The van der Waals surface area contributed by atoms with Gasteiger partial charge in [-0.15, -0.1) is 0 Å². The van der Waals surface area contributed by atoms with Gasteiger partial charge in [-0.3, -0.25) is 0 Å². The molecule has 0 saturated carbocycles. The fourth-order valence-corrected chi connectivity index (χ4v) is 5.93. The standard InChI is InChI=1S/C23H18FN3O2.C16H10ClFN2O2.C7H9N.CH4/c1-14-5-3-4-6-18(14)26-22-21(15-7-10-17(24)11-8-15)25-19-12-9-16(23(28)29-2)13-20(19)27-22;1-22-16(21)10-4-7-12-13(8-10)20-15(17)14(19-12)9-2-5-11(18)6-3-9;1-6-4-2-3-5-7(6)8;/h3-13H,1-2H3,(H,26,27);2-8H,1H3;2-5H,8H2,1H3;1H4. The van der Waals surface area contributed by atoms with Crippen molar-refractivity contribution < 1.29 is 27.8 Å². The summed E-state index contributed by atoms with van der Waals surface area (Å²) in [6.45, 7) is 3.99. The topological polar surface area (TPSA) is 142 Å². The zero-order valence-corrected chi connectivity index (χ0v) is 33.1. The minimum absolute atomic E-state index is 0. The van der Waals surface area contributed by atoms with Crippen molar-refractivity contribution >= 4 is 62.8 Å². The third-order valence-corrected chi connectivity index (χ3v) is 9.21. The molecular formula is C47H41ClF2N6O4. The molecule has 0 radical (unpaired) electrons. The van der Waals surface area contributed by atoms with Crippen molar-refractivity contribution in [2.45, 2.75) is 21.3 Å². The number of nitrogens with one attached hydrogen (secondary N) is 1. The molecule has 2 aromatic heterocycles. The molecule has 0 fully saturated rings. The fourth-order valence-electron chi connectivity index (χ4n) is 5.69. The number of hydrogen-bond donors (Lipinski definition) is 2. The molecule has 8 aromatic rings. The Kier molecular flexibility index (Phi) is 14.5. The number of nitrogens with zero attached hydrogens (tertiary/aromatic N) is 4. The van der Waals surface area contributed by atoms with E-state index in [0.29, 0.717) is 56.0 Å². The number of benzene rings is 6. The Balaban J connectivity index is 0.000000194. The Morgan fingerprint density at radius 3 is 1.53 bits per heavy atom. The van der Waals surface area contributed by atoms with Gasteiger partial charge in [-0.25, -0.2) is 38.3 Å². The fraction of sp³-hybridized carbons (Fsp3) is 0.106. The number of rotatable bonds is 6. The Morgan fingerprint density at radius 2 is 1.05 bits per heavy atom. The van der Waals surface area contributed by atoms with Gasteiger partial charge < -0.3 is 20.5 Å². The molecule has 8 rings (SSSR count). The third-order valence-electron chi connectivity index (χ3n) is 8.95. The summed E-state index contributed by atoms with van der Waals surface area (Å²) in [4.78, 5) is 41.5. The van der Waals surface area contributed by atoms with Crippen molar-refractivity contribution in [1.29, 1.82) is 0 Å². The number of hydrogen-bond acceptors (Lipinski definition) is 10. The summed E-state index contributed by atoms with van der Waals surface area (Å²) in [5.41, 5.74) is 14.9. The molecule has 0 unspecified atom stereocenters. The number of carbonyl (C=O) groups excluding carboxylic acids is 2. The number of methoxy groups -OCH3 is 2. The maximum absolute atomic E-state index is 13.4. The van der Waals surface area contributed by atoms with Crippen LogP contribution in [0, 0.1) is 25.5 Å². The number of nitrogen functional groups attached to an aromatic ring is 1. The summed E-state index contributed by atoms with van der Waals surface area (Å²) in [5, 5.41) is 3.51. The summed E-state index contributed by atoms with van der Waals surface area (Å²) >= 11 is 6.16. The first-order valence-corrected chi connectivity index (χ1v) is 18.4. The number of para-hydroxylation sites is 2. The van der Waals surface area contributed by atoms with E-state index in [2.05, 4.69) is 20.0 Å². The molecule has 0 amide bonds. The molecule has 0 saturated heterocycles. The maximum Gasteiger partial charge on any atom is 0.337 e. The van der Waals surface area contributed by atoms with Crippen LogP contribution in [0.25, 0.3) is 44.6 Å². The number of anilines is 3. The molecule has 0 aliphatic heterocycles. The smallest absolute Gasteiger partial charge is 0.337 e. The first-order valence-electron chi connectivity index (χ1n) is 18.1. The van der Waals surface area contributed by atoms with Crippen molar-refractivity contribution in [1.82, 2.24) is 19.9 Å². The lowest BCUT2D eigenvalue weighted by molar-refractivity contribution is 0.0592. The lowest BCUT2D eigenvalue weighted by Crippen LogP contribution is -2.04. The van der Waals surface area contributed by atoms with Crippen molar-refractivity contribution in [3.05, 3.63) is 173 Å². The zero-order valence-electron chi connectivity index (χ0n) is 32.3. The molecule has 0 spiro atoms. The molecule has 13 heteroatoms. The van der Waals surface area contributed by atoms with Gasteiger partial charge in [-0.05, 0) is 122 Å². The monoisotopic (exact) mass is 826 g/mol. The molecular weight excluding hydrogens is 786 g/mol. The highest BCUT2D eigenvalue weighted by Gasteiger charge is 2.16. The van der Waals surface area contributed by atoms with E-state index in [4.69, 9.17) is 32.0 Å². The van der Waals surface area contributed by atoms with E-state index in [1.165, 1.54) is 38.5 Å². The molecule has 3 N–H and O–H groups in total. The summed E-state index contributed by atoms with van der Waals surface area (Å²) in [6, 6.07) is 37.4. The first kappa shape index (κ1) is 43.8. The lowest BCUT2D eigenvalue weighted by atomic mass is 10.1. The number of carbonyl (C=O) groups is 2. The SMILES string of the molecule is C.COC(=O)c1ccc2nc(-c3ccc(F)cc3)c(Cl)nc2c1.COC(=O)c1ccc2nc(-c3ccc(F)cc3)c(Nc3ccccc3C)nc2c1.Cc1ccccc1N. The van der Waals surface area contributed by atoms with Gasteiger partial charge in [0.1, 0.15) is 23.0 Å². The van der Waals surface area contributed by atoms with Crippen LogP contribution in [0.2, 0.25) is 5.15 Å². The second kappa shape index (κ2) is 19.9. The Morgan fingerprint density at radius 1 is 0.583 bits per heavy atom. The summed E-state index contributed by atoms with van der Waals surface area (Å²) < 4.78 is 35.9. The summed E-state index contributed by atoms with van der Waals surface area (Å²) in [7, 11) is 2.64. The Labute approximate surface area is 351 Å². The van der Waals surface area contributed by atoms with Gasteiger partial charge in [0.2, 0.25) is 0 Å². The summed E-state index contributed by atoms with van der Waals surface area (Å²) in [6.07, 6.45) is 0. The molecule has 0 atom stereocenters. The van der Waals surface area contributed by atoms with Crippen LogP contribution in [0.5, 0.6) is 0 Å². The van der Waals surface area contributed by atoms with Crippen molar-refractivity contribution in [3.63, 3.8) is 0 Å². The molecule has 0 aliphatic carbocycles. The minimum Gasteiger partial charge on any atom is -0.465 e. The molecule has 10 nitrogen and oxygen atoms in total. The van der Waals surface area contributed by atoms with Gasteiger partial charge in [0, 0.05) is 22.5 Å². The number of aryl methyl sites for hydroxylation is 2. The second-order valence-corrected chi connectivity index (χ2v) is 13.3. The average Bonchev–Trinajstić information content (AvgIpc) is 3.25. The zero-order chi connectivity index (χ0) is 42.1. The van der Waals surface area contributed by atoms with E-state index >= 15 is 0 Å². The van der Waals surface area contributed by atoms with Crippen LogP contribution in [0.4, 0.5) is 26.0 Å². The predicted molar refractivity (Wildman–Crippen MR) is 234 cm³/mol. The van der Waals surface area contributed by atoms with Gasteiger partial charge >= 0.3 is 11.9 Å². The summed E-state index contributed by atoms with van der Waals surface area (Å²) in [5.74, 6) is -1.04. The normalized spacial score (nSPS) is 10.3. The highest BCUT2D eigenvalue weighted by molar-refractivity contribution is 6.32. The number of nitrogens with two attached hydrogens (primary N) is 1. The molecule has 304 valence electrons. The van der Waals surface area contributed by atoms with Crippen LogP contribution in [-0.2, 0) is 9.47 Å². The van der Waals surface area contributed by atoms with Crippen LogP contribution in [-0.4, -0.2) is 46.1 Å². The van der Waals surface area contributed by atoms with Crippen molar-refractivity contribution in [3.8, 4) is 22.5 Å². The third kappa shape index (κ3) is 10.6.